The molecule has 2 fully saturated rings. The van der Waals surface area contributed by atoms with E-state index >= 15 is 0 Å². The van der Waals surface area contributed by atoms with E-state index < -0.39 is 15.5 Å². The summed E-state index contributed by atoms with van der Waals surface area (Å²) >= 11 is 0. The van der Waals surface area contributed by atoms with E-state index in [0.29, 0.717) is 22.3 Å². The average molecular weight is 547 g/mol. The van der Waals surface area contributed by atoms with Gasteiger partial charge in [0.15, 0.2) is 5.78 Å². The SMILES string of the molecule is CCc1cc2c(cc1N1CCN(C3CCC3)CC1)C(C)(C)c1[nH]c3cc(C#N)cc(S(=O)(=O)OC)c3c1C2=O. The van der Waals surface area contributed by atoms with Crippen molar-refractivity contribution in [2.45, 2.75) is 62.8 Å². The number of benzene rings is 2. The van der Waals surface area contributed by atoms with Crippen LogP contribution in [0.25, 0.3) is 10.9 Å². The Morgan fingerprint density at radius 2 is 1.85 bits per heavy atom. The minimum atomic E-state index is -4.18. The Labute approximate surface area is 229 Å². The standard InChI is InChI=1S/C30H34N4O4S/c1-5-19-15-21-22(16-24(19)34-11-9-33(10-12-34)20-7-6-8-20)30(2,3)29-27(28(21)35)26-23(32-29)13-18(17-31)14-25(26)39(36,37)38-4/h13-16,20,32H,5-12H2,1-4H3. The number of H-pyrrole nitrogens is 1. The Hall–Kier alpha value is -3.19. The highest BCUT2D eigenvalue weighted by Gasteiger charge is 2.42. The summed E-state index contributed by atoms with van der Waals surface area (Å²) in [5, 5.41) is 9.84. The first kappa shape index (κ1) is 26.1. The van der Waals surface area contributed by atoms with Crippen LogP contribution in [0.1, 0.15) is 78.3 Å². The van der Waals surface area contributed by atoms with Gasteiger partial charge in [-0.05, 0) is 54.7 Å². The summed E-state index contributed by atoms with van der Waals surface area (Å²) in [4.78, 5) is 22.4. The molecule has 3 aromatic rings. The van der Waals surface area contributed by atoms with Crippen LogP contribution in [0.5, 0.6) is 0 Å². The number of fused-ring (bicyclic) bond motifs is 4. The molecule has 0 radical (unpaired) electrons. The molecule has 1 aromatic heterocycles. The molecule has 0 amide bonds. The van der Waals surface area contributed by atoms with Crippen LogP contribution in [0.3, 0.4) is 0 Å². The number of anilines is 1. The fourth-order valence-electron chi connectivity index (χ4n) is 6.61. The van der Waals surface area contributed by atoms with Crippen molar-refractivity contribution in [2.24, 2.45) is 0 Å². The molecule has 1 aliphatic heterocycles. The highest BCUT2D eigenvalue weighted by atomic mass is 32.2. The molecular weight excluding hydrogens is 512 g/mol. The fourth-order valence-corrected chi connectivity index (χ4v) is 7.52. The number of ketones is 1. The molecule has 39 heavy (non-hydrogen) atoms. The third kappa shape index (κ3) is 3.92. The lowest BCUT2D eigenvalue weighted by atomic mass is 9.70. The number of rotatable bonds is 5. The van der Waals surface area contributed by atoms with Crippen LogP contribution < -0.4 is 4.90 Å². The number of nitriles is 1. The van der Waals surface area contributed by atoms with Crippen LogP contribution in [-0.2, 0) is 26.1 Å². The number of carbonyl (C=O) groups excluding carboxylic acids is 1. The van der Waals surface area contributed by atoms with Crippen molar-refractivity contribution in [3.05, 3.63) is 57.8 Å². The van der Waals surface area contributed by atoms with E-state index in [1.165, 1.54) is 31.0 Å². The minimum absolute atomic E-state index is 0.166. The molecule has 0 spiro atoms. The van der Waals surface area contributed by atoms with E-state index in [-0.39, 0.29) is 21.6 Å². The smallest absolute Gasteiger partial charge is 0.297 e. The largest absolute Gasteiger partial charge is 0.369 e. The van der Waals surface area contributed by atoms with E-state index in [0.717, 1.165) is 56.9 Å². The predicted octanol–water partition coefficient (Wildman–Crippen LogP) is 4.48. The Morgan fingerprint density at radius 1 is 1.13 bits per heavy atom. The molecule has 2 aliphatic carbocycles. The summed E-state index contributed by atoms with van der Waals surface area (Å²) in [6.07, 6.45) is 4.75. The third-order valence-electron chi connectivity index (χ3n) is 9.10. The number of carbonyl (C=O) groups is 1. The summed E-state index contributed by atoms with van der Waals surface area (Å²) in [6.45, 7) is 10.3. The van der Waals surface area contributed by atoms with Gasteiger partial charge in [-0.2, -0.15) is 13.7 Å². The monoisotopic (exact) mass is 546 g/mol. The minimum Gasteiger partial charge on any atom is -0.369 e. The molecule has 2 aromatic carbocycles. The summed E-state index contributed by atoms with van der Waals surface area (Å²) in [6, 6.07) is 9.86. The molecule has 1 saturated heterocycles. The molecule has 8 nitrogen and oxygen atoms in total. The zero-order valence-corrected chi connectivity index (χ0v) is 23.7. The Kier molecular flexibility index (Phi) is 6.14. The lowest BCUT2D eigenvalue weighted by molar-refractivity contribution is 0.103. The summed E-state index contributed by atoms with van der Waals surface area (Å²) < 4.78 is 30.7. The molecule has 6 rings (SSSR count). The van der Waals surface area contributed by atoms with Crippen molar-refractivity contribution in [1.29, 1.82) is 5.26 Å². The molecule has 3 aliphatic rings. The van der Waals surface area contributed by atoms with Gasteiger partial charge in [-0.3, -0.25) is 13.9 Å². The number of hydrogen-bond donors (Lipinski definition) is 1. The van der Waals surface area contributed by atoms with Crippen molar-refractivity contribution in [1.82, 2.24) is 9.88 Å². The average Bonchev–Trinajstić information content (AvgIpc) is 3.31. The van der Waals surface area contributed by atoms with E-state index in [1.807, 2.05) is 12.1 Å². The number of piperazine rings is 1. The van der Waals surface area contributed by atoms with Crippen molar-refractivity contribution in [3.8, 4) is 6.07 Å². The summed E-state index contributed by atoms with van der Waals surface area (Å²) in [7, 11) is -3.09. The molecule has 0 unspecified atom stereocenters. The van der Waals surface area contributed by atoms with Crippen LogP contribution in [0.2, 0.25) is 0 Å². The van der Waals surface area contributed by atoms with E-state index in [1.54, 1.807) is 6.07 Å². The quantitative estimate of drug-likeness (QED) is 0.470. The first-order valence-electron chi connectivity index (χ1n) is 13.7. The van der Waals surface area contributed by atoms with Gasteiger partial charge in [0.05, 0.1) is 24.3 Å². The van der Waals surface area contributed by atoms with Crippen LogP contribution >= 0.6 is 0 Å². The molecule has 0 atom stereocenters. The van der Waals surface area contributed by atoms with Crippen molar-refractivity contribution < 1.29 is 17.4 Å². The van der Waals surface area contributed by atoms with Gasteiger partial charge in [-0.15, -0.1) is 0 Å². The van der Waals surface area contributed by atoms with Gasteiger partial charge in [0.2, 0.25) is 0 Å². The first-order valence-corrected chi connectivity index (χ1v) is 15.1. The van der Waals surface area contributed by atoms with E-state index in [4.69, 9.17) is 4.18 Å². The lowest BCUT2D eigenvalue weighted by Gasteiger charge is -2.44. The van der Waals surface area contributed by atoms with Crippen LogP contribution in [0.15, 0.2) is 29.2 Å². The summed E-state index contributed by atoms with van der Waals surface area (Å²) in [5.41, 5.74) is 4.84. The maximum absolute atomic E-state index is 14.2. The molecule has 204 valence electrons. The Bertz CT molecular complexity index is 1650. The maximum Gasteiger partial charge on any atom is 0.297 e. The van der Waals surface area contributed by atoms with Crippen LogP contribution in [-0.4, -0.2) is 63.4 Å². The zero-order chi connectivity index (χ0) is 27.7. The van der Waals surface area contributed by atoms with E-state index in [2.05, 4.69) is 41.6 Å². The molecular formula is C30H34N4O4S. The predicted molar refractivity (Wildman–Crippen MR) is 150 cm³/mol. The normalized spacial score (nSPS) is 19.5. The van der Waals surface area contributed by atoms with Gasteiger partial charge >= 0.3 is 0 Å². The number of aryl methyl sites for hydroxylation is 1. The van der Waals surface area contributed by atoms with Crippen molar-refractivity contribution in [3.63, 3.8) is 0 Å². The molecule has 2 heterocycles. The van der Waals surface area contributed by atoms with Gasteiger partial charge in [0.25, 0.3) is 10.1 Å². The third-order valence-corrected chi connectivity index (χ3v) is 10.4. The van der Waals surface area contributed by atoms with Crippen LogP contribution in [0, 0.1) is 11.3 Å². The molecule has 1 N–H and O–H groups in total. The Morgan fingerprint density at radius 3 is 2.44 bits per heavy atom. The van der Waals surface area contributed by atoms with Gasteiger partial charge in [0.1, 0.15) is 4.90 Å². The lowest BCUT2D eigenvalue weighted by Crippen LogP contribution is -2.52. The molecule has 9 heteroatoms. The second kappa shape index (κ2) is 9.19. The zero-order valence-electron chi connectivity index (χ0n) is 22.9. The second-order valence-corrected chi connectivity index (χ2v) is 13.1. The van der Waals surface area contributed by atoms with Gasteiger partial charge in [0, 0.05) is 65.5 Å². The molecule has 1 saturated carbocycles. The number of nitrogens with one attached hydrogen (secondary N) is 1. The van der Waals surface area contributed by atoms with Gasteiger partial charge in [-0.25, -0.2) is 0 Å². The number of hydrogen-bond acceptors (Lipinski definition) is 7. The highest BCUT2D eigenvalue weighted by Crippen LogP contribution is 2.47. The van der Waals surface area contributed by atoms with E-state index in [9.17, 15) is 18.5 Å². The topological polar surface area (TPSA) is 106 Å². The highest BCUT2D eigenvalue weighted by molar-refractivity contribution is 7.87. The van der Waals surface area contributed by atoms with Gasteiger partial charge in [-0.1, -0.05) is 27.2 Å². The van der Waals surface area contributed by atoms with Crippen molar-refractivity contribution >= 4 is 32.5 Å². The van der Waals surface area contributed by atoms with Crippen LogP contribution in [0.4, 0.5) is 5.69 Å². The Balaban J connectivity index is 1.49. The fraction of sp³-hybridized carbons (Fsp3) is 0.467. The second-order valence-electron chi connectivity index (χ2n) is 11.4. The summed E-state index contributed by atoms with van der Waals surface area (Å²) in [5.74, 6) is -0.209. The molecule has 0 bridgehead atoms. The van der Waals surface area contributed by atoms with Gasteiger partial charge < -0.3 is 9.88 Å². The number of aromatic nitrogens is 1. The maximum atomic E-state index is 14.2. The first-order chi connectivity index (χ1) is 18.6. The van der Waals surface area contributed by atoms with Crippen molar-refractivity contribution in [2.75, 3.05) is 38.2 Å². The number of aromatic amines is 1. The number of nitrogens with zero attached hydrogens (tertiary/aromatic N) is 3.